The molecule has 2 bridgehead atoms. The lowest BCUT2D eigenvalue weighted by Gasteiger charge is -2.22. The van der Waals surface area contributed by atoms with Crippen molar-refractivity contribution in [1.29, 1.82) is 0 Å². The first-order chi connectivity index (χ1) is 7.84. The van der Waals surface area contributed by atoms with Gasteiger partial charge in [-0.15, -0.1) is 0 Å². The van der Waals surface area contributed by atoms with Gasteiger partial charge in [0.2, 0.25) is 0 Å². The van der Waals surface area contributed by atoms with Gasteiger partial charge in [0.25, 0.3) is 0 Å². The standard InChI is InChI=1S/C14H14O2/c15-11-5-6-12-13-9-4-2-1-3-8(9)7-10(13)14(11)16-12/h1-4,10,12-14H,5-7H2/t10-,12+,13+,14+/m1/s1. The van der Waals surface area contributed by atoms with Crippen LogP contribution in [0, 0.1) is 5.92 Å². The Labute approximate surface area is 94.6 Å². The first kappa shape index (κ1) is 8.94. The number of carbonyl (C=O) groups is 1. The minimum absolute atomic E-state index is 0.101. The Kier molecular flexibility index (Phi) is 1.65. The number of Topliss-reactive ketones (excluding diaryl/α,β-unsaturated/α-hetero) is 1. The third kappa shape index (κ3) is 0.983. The summed E-state index contributed by atoms with van der Waals surface area (Å²) in [6.45, 7) is 0. The summed E-state index contributed by atoms with van der Waals surface area (Å²) in [5.74, 6) is 1.25. The number of carbonyl (C=O) groups excluding carboxylic acids is 1. The topological polar surface area (TPSA) is 26.3 Å². The number of benzene rings is 1. The maximum Gasteiger partial charge on any atom is 0.161 e. The molecule has 4 rings (SSSR count). The molecule has 16 heavy (non-hydrogen) atoms. The molecular weight excluding hydrogens is 200 g/mol. The Morgan fingerprint density at radius 3 is 3.06 bits per heavy atom. The fourth-order valence-electron chi connectivity index (χ4n) is 3.79. The van der Waals surface area contributed by atoms with Crippen LogP contribution in [0.25, 0.3) is 0 Å². The predicted octanol–water partition coefficient (Wildman–Crippen LogP) is 2.07. The molecular formula is C14H14O2. The van der Waals surface area contributed by atoms with Gasteiger partial charge in [0.1, 0.15) is 6.10 Å². The Balaban J connectivity index is 1.83. The van der Waals surface area contributed by atoms with Gasteiger partial charge in [0.15, 0.2) is 5.78 Å². The van der Waals surface area contributed by atoms with Gasteiger partial charge in [-0.25, -0.2) is 0 Å². The Hall–Kier alpha value is -1.15. The molecule has 2 fully saturated rings. The van der Waals surface area contributed by atoms with E-state index in [1.54, 1.807) is 0 Å². The summed E-state index contributed by atoms with van der Waals surface area (Å²) in [7, 11) is 0. The summed E-state index contributed by atoms with van der Waals surface area (Å²) in [5.41, 5.74) is 2.88. The monoisotopic (exact) mass is 214 g/mol. The summed E-state index contributed by atoms with van der Waals surface area (Å²) in [4.78, 5) is 11.8. The van der Waals surface area contributed by atoms with Gasteiger partial charge in [-0.3, -0.25) is 4.79 Å². The number of rotatable bonds is 0. The van der Waals surface area contributed by atoms with Crippen molar-refractivity contribution < 1.29 is 9.53 Å². The molecule has 0 N–H and O–H groups in total. The molecule has 0 radical (unpaired) electrons. The second kappa shape index (κ2) is 2.95. The second-order valence-electron chi connectivity index (χ2n) is 5.19. The van der Waals surface area contributed by atoms with Crippen LogP contribution in [0.4, 0.5) is 0 Å². The molecule has 1 aromatic carbocycles. The maximum absolute atomic E-state index is 11.8. The number of fused-ring (bicyclic) bond motifs is 7. The summed E-state index contributed by atoms with van der Waals surface area (Å²) >= 11 is 0. The maximum atomic E-state index is 11.8. The van der Waals surface area contributed by atoms with Crippen molar-refractivity contribution >= 4 is 5.78 Å². The third-order valence-electron chi connectivity index (χ3n) is 4.43. The van der Waals surface area contributed by atoms with Gasteiger partial charge < -0.3 is 4.74 Å². The van der Waals surface area contributed by atoms with Crippen molar-refractivity contribution in [3.05, 3.63) is 35.4 Å². The number of hydrogen-bond donors (Lipinski definition) is 0. The molecule has 2 saturated heterocycles. The average Bonchev–Trinajstić information content (AvgIpc) is 2.80. The van der Waals surface area contributed by atoms with Gasteiger partial charge >= 0.3 is 0 Å². The van der Waals surface area contributed by atoms with E-state index < -0.39 is 0 Å². The molecule has 4 atom stereocenters. The van der Waals surface area contributed by atoms with Crippen molar-refractivity contribution in [3.63, 3.8) is 0 Å². The molecule has 2 heterocycles. The van der Waals surface area contributed by atoms with Crippen LogP contribution in [0.1, 0.15) is 29.9 Å². The third-order valence-corrected chi connectivity index (χ3v) is 4.43. The Morgan fingerprint density at radius 2 is 2.12 bits per heavy atom. The highest BCUT2D eigenvalue weighted by Gasteiger charge is 2.53. The normalized spacial score (nSPS) is 39.6. The van der Waals surface area contributed by atoms with E-state index in [1.165, 1.54) is 11.1 Å². The van der Waals surface area contributed by atoms with Crippen molar-refractivity contribution in [1.82, 2.24) is 0 Å². The van der Waals surface area contributed by atoms with E-state index in [0.717, 1.165) is 19.3 Å². The summed E-state index contributed by atoms with van der Waals surface area (Å²) in [5, 5.41) is 0. The van der Waals surface area contributed by atoms with Crippen molar-refractivity contribution in [2.45, 2.75) is 37.4 Å². The average molecular weight is 214 g/mol. The van der Waals surface area contributed by atoms with Crippen molar-refractivity contribution in [3.8, 4) is 0 Å². The van der Waals surface area contributed by atoms with Crippen LogP contribution in [0.2, 0.25) is 0 Å². The highest BCUT2D eigenvalue weighted by atomic mass is 16.5. The lowest BCUT2D eigenvalue weighted by molar-refractivity contribution is -0.137. The second-order valence-corrected chi connectivity index (χ2v) is 5.19. The number of hydrogen-bond acceptors (Lipinski definition) is 2. The van der Waals surface area contributed by atoms with E-state index >= 15 is 0 Å². The first-order valence-electron chi connectivity index (χ1n) is 6.10. The highest BCUT2D eigenvalue weighted by Crippen LogP contribution is 2.52. The van der Waals surface area contributed by atoms with E-state index in [2.05, 4.69) is 24.3 Å². The number of ketones is 1. The van der Waals surface area contributed by atoms with Gasteiger partial charge in [-0.1, -0.05) is 24.3 Å². The zero-order valence-electron chi connectivity index (χ0n) is 9.06. The number of ether oxygens (including phenoxy) is 1. The SMILES string of the molecule is O=C1CC[C@@H]2O[C@H]1[C@@H]1Cc3ccccc3[C@@H]12. The zero-order valence-corrected chi connectivity index (χ0v) is 9.06. The summed E-state index contributed by atoms with van der Waals surface area (Å²) in [6.07, 6.45) is 2.89. The molecule has 2 heteroatoms. The Morgan fingerprint density at radius 1 is 1.25 bits per heavy atom. The molecule has 1 aliphatic carbocycles. The van der Waals surface area contributed by atoms with Crippen molar-refractivity contribution in [2.75, 3.05) is 0 Å². The highest BCUT2D eigenvalue weighted by molar-refractivity contribution is 5.85. The van der Waals surface area contributed by atoms with Crippen molar-refractivity contribution in [2.24, 2.45) is 5.92 Å². The molecule has 0 spiro atoms. The molecule has 0 saturated carbocycles. The van der Waals surface area contributed by atoms with Crippen LogP contribution < -0.4 is 0 Å². The fourth-order valence-corrected chi connectivity index (χ4v) is 3.79. The van der Waals surface area contributed by atoms with E-state index in [9.17, 15) is 4.79 Å². The van der Waals surface area contributed by atoms with Crippen LogP contribution in [0.5, 0.6) is 0 Å². The van der Waals surface area contributed by atoms with Crippen LogP contribution in [0.15, 0.2) is 24.3 Å². The molecule has 0 unspecified atom stereocenters. The smallest absolute Gasteiger partial charge is 0.161 e. The van der Waals surface area contributed by atoms with Crippen LogP contribution in [-0.2, 0) is 16.0 Å². The molecule has 1 aromatic rings. The summed E-state index contributed by atoms with van der Waals surface area (Å²) in [6, 6.07) is 8.62. The first-order valence-corrected chi connectivity index (χ1v) is 6.10. The molecule has 0 aromatic heterocycles. The van der Waals surface area contributed by atoms with Crippen LogP contribution >= 0.6 is 0 Å². The molecule has 2 aliphatic heterocycles. The van der Waals surface area contributed by atoms with Crippen LogP contribution in [0.3, 0.4) is 0 Å². The lowest BCUT2D eigenvalue weighted by Crippen LogP contribution is -2.31. The van der Waals surface area contributed by atoms with Gasteiger partial charge in [0, 0.05) is 18.3 Å². The van der Waals surface area contributed by atoms with Gasteiger partial charge in [-0.05, 0) is 24.0 Å². The molecule has 82 valence electrons. The predicted molar refractivity (Wildman–Crippen MR) is 59.3 cm³/mol. The van der Waals surface area contributed by atoms with E-state index in [-0.39, 0.29) is 6.10 Å². The van der Waals surface area contributed by atoms with E-state index in [1.807, 2.05) is 0 Å². The van der Waals surface area contributed by atoms with E-state index in [0.29, 0.717) is 23.7 Å². The molecule has 2 nitrogen and oxygen atoms in total. The van der Waals surface area contributed by atoms with Crippen LogP contribution in [-0.4, -0.2) is 18.0 Å². The van der Waals surface area contributed by atoms with Gasteiger partial charge in [0.05, 0.1) is 6.10 Å². The Bertz CT molecular complexity index is 466. The molecule has 0 amide bonds. The largest absolute Gasteiger partial charge is 0.366 e. The summed E-state index contributed by atoms with van der Waals surface area (Å²) < 4.78 is 5.88. The lowest BCUT2D eigenvalue weighted by atomic mass is 9.88. The molecule has 3 aliphatic rings. The minimum atomic E-state index is -0.101. The minimum Gasteiger partial charge on any atom is -0.366 e. The fraction of sp³-hybridized carbons (Fsp3) is 0.500. The van der Waals surface area contributed by atoms with Gasteiger partial charge in [-0.2, -0.15) is 0 Å². The zero-order chi connectivity index (χ0) is 10.7. The quantitative estimate of drug-likeness (QED) is 0.661. The van der Waals surface area contributed by atoms with E-state index in [4.69, 9.17) is 4.74 Å².